The van der Waals surface area contributed by atoms with Crippen LogP contribution in [0, 0.1) is 0 Å². The van der Waals surface area contributed by atoms with E-state index in [9.17, 15) is 4.79 Å². The number of nitrogens with zero attached hydrogens (tertiary/aromatic N) is 2. The van der Waals surface area contributed by atoms with Crippen LogP contribution in [0.2, 0.25) is 0 Å². The predicted molar refractivity (Wildman–Crippen MR) is 93.0 cm³/mol. The molecule has 1 aromatic heterocycles. The molecule has 1 saturated heterocycles. The highest BCUT2D eigenvalue weighted by Gasteiger charge is 2.17. The van der Waals surface area contributed by atoms with Crippen molar-refractivity contribution in [3.8, 4) is 5.75 Å². The van der Waals surface area contributed by atoms with Crippen molar-refractivity contribution in [3.05, 3.63) is 42.2 Å². The minimum Gasteiger partial charge on any atom is -0.490 e. The number of rotatable bonds is 8. The van der Waals surface area contributed by atoms with E-state index >= 15 is 0 Å². The summed E-state index contributed by atoms with van der Waals surface area (Å²) < 4.78 is 18.0. The fourth-order valence-electron chi connectivity index (χ4n) is 2.74. The van der Waals surface area contributed by atoms with Gasteiger partial charge in [0, 0.05) is 19.9 Å². The van der Waals surface area contributed by atoms with Gasteiger partial charge in [-0.05, 0) is 25.0 Å². The lowest BCUT2D eigenvalue weighted by molar-refractivity contribution is 0.0940. The summed E-state index contributed by atoms with van der Waals surface area (Å²) >= 11 is 0. The van der Waals surface area contributed by atoms with Crippen molar-refractivity contribution in [2.45, 2.75) is 25.5 Å². The summed E-state index contributed by atoms with van der Waals surface area (Å²) in [5.41, 5.74) is 1.13. The van der Waals surface area contributed by atoms with Gasteiger partial charge in [0.25, 0.3) is 5.91 Å². The molecule has 7 heteroatoms. The molecule has 0 radical (unpaired) electrons. The maximum Gasteiger partial charge on any atom is 0.259 e. The molecule has 1 atom stereocenters. The summed E-state index contributed by atoms with van der Waals surface area (Å²) in [6.07, 6.45) is 5.80. The van der Waals surface area contributed by atoms with Gasteiger partial charge in [0.05, 0.1) is 36.7 Å². The SMILES string of the molecule is COCCOc1ccccc1C(=O)Nc1cnn(CC2CCCO2)c1. The van der Waals surface area contributed by atoms with E-state index in [0.29, 0.717) is 36.8 Å². The summed E-state index contributed by atoms with van der Waals surface area (Å²) in [5.74, 6) is 0.300. The smallest absolute Gasteiger partial charge is 0.259 e. The van der Waals surface area contributed by atoms with E-state index in [2.05, 4.69) is 10.4 Å². The Morgan fingerprint density at radius 1 is 1.40 bits per heavy atom. The maximum atomic E-state index is 12.5. The number of aromatic nitrogens is 2. The van der Waals surface area contributed by atoms with Gasteiger partial charge in [0.1, 0.15) is 12.4 Å². The number of ether oxygens (including phenoxy) is 3. The van der Waals surface area contributed by atoms with E-state index in [4.69, 9.17) is 14.2 Å². The molecule has 1 aliphatic heterocycles. The summed E-state index contributed by atoms with van der Waals surface area (Å²) in [6.45, 7) is 2.37. The minimum absolute atomic E-state index is 0.207. The van der Waals surface area contributed by atoms with Crippen molar-refractivity contribution in [1.29, 1.82) is 0 Å². The zero-order chi connectivity index (χ0) is 17.5. The first-order valence-corrected chi connectivity index (χ1v) is 8.42. The number of amides is 1. The van der Waals surface area contributed by atoms with Crippen LogP contribution >= 0.6 is 0 Å². The first-order chi connectivity index (χ1) is 12.3. The molecule has 1 N–H and O–H groups in total. The highest BCUT2D eigenvalue weighted by Crippen LogP contribution is 2.20. The zero-order valence-corrected chi connectivity index (χ0v) is 14.3. The van der Waals surface area contributed by atoms with Crippen LogP contribution in [0.3, 0.4) is 0 Å². The number of nitrogens with one attached hydrogen (secondary N) is 1. The molecule has 1 unspecified atom stereocenters. The molecule has 2 aromatic rings. The van der Waals surface area contributed by atoms with Crippen molar-refractivity contribution in [2.24, 2.45) is 0 Å². The van der Waals surface area contributed by atoms with E-state index in [1.807, 2.05) is 12.3 Å². The van der Waals surface area contributed by atoms with Crippen LogP contribution < -0.4 is 10.1 Å². The molecular weight excluding hydrogens is 322 g/mol. The fourth-order valence-corrected chi connectivity index (χ4v) is 2.74. The Morgan fingerprint density at radius 2 is 2.28 bits per heavy atom. The van der Waals surface area contributed by atoms with Crippen LogP contribution in [-0.2, 0) is 16.0 Å². The van der Waals surface area contributed by atoms with Gasteiger partial charge in [-0.25, -0.2) is 0 Å². The average Bonchev–Trinajstić information content (AvgIpc) is 3.28. The van der Waals surface area contributed by atoms with E-state index in [-0.39, 0.29) is 12.0 Å². The Hall–Kier alpha value is -2.38. The Kier molecular flexibility index (Phi) is 6.03. The maximum absolute atomic E-state index is 12.5. The average molecular weight is 345 g/mol. The standard InChI is InChI=1S/C18H23N3O4/c1-23-9-10-25-17-7-3-2-6-16(17)18(22)20-14-11-19-21(12-14)13-15-5-4-8-24-15/h2-3,6-7,11-12,15H,4-5,8-10,13H2,1H3,(H,20,22). The molecular formula is C18H23N3O4. The van der Waals surface area contributed by atoms with E-state index in [1.54, 1.807) is 36.2 Å². The van der Waals surface area contributed by atoms with Gasteiger partial charge >= 0.3 is 0 Å². The third kappa shape index (κ3) is 4.80. The molecule has 3 rings (SSSR count). The first-order valence-electron chi connectivity index (χ1n) is 8.42. The third-order valence-corrected chi connectivity index (χ3v) is 3.98. The molecule has 1 aliphatic rings. The second kappa shape index (κ2) is 8.64. The quantitative estimate of drug-likeness (QED) is 0.743. The fraction of sp³-hybridized carbons (Fsp3) is 0.444. The monoisotopic (exact) mass is 345 g/mol. The van der Waals surface area contributed by atoms with Crippen molar-refractivity contribution < 1.29 is 19.0 Å². The van der Waals surface area contributed by atoms with Crippen LogP contribution in [0.1, 0.15) is 23.2 Å². The molecule has 0 bridgehead atoms. The lowest BCUT2D eigenvalue weighted by Crippen LogP contribution is -2.16. The molecule has 7 nitrogen and oxygen atoms in total. The Bertz CT molecular complexity index is 695. The van der Waals surface area contributed by atoms with Crippen LogP contribution in [0.15, 0.2) is 36.7 Å². The molecule has 0 spiro atoms. The van der Waals surface area contributed by atoms with E-state index in [1.165, 1.54) is 0 Å². The number of hydrogen-bond acceptors (Lipinski definition) is 5. The molecule has 2 heterocycles. The Morgan fingerprint density at radius 3 is 3.08 bits per heavy atom. The van der Waals surface area contributed by atoms with E-state index in [0.717, 1.165) is 19.4 Å². The number of para-hydroxylation sites is 1. The van der Waals surface area contributed by atoms with Gasteiger partial charge in [0.15, 0.2) is 0 Å². The predicted octanol–water partition coefficient (Wildman–Crippen LogP) is 2.34. The summed E-state index contributed by atoms with van der Waals surface area (Å²) in [5, 5.41) is 7.14. The van der Waals surface area contributed by atoms with Crippen LogP contribution in [0.4, 0.5) is 5.69 Å². The van der Waals surface area contributed by atoms with E-state index < -0.39 is 0 Å². The largest absolute Gasteiger partial charge is 0.490 e. The zero-order valence-electron chi connectivity index (χ0n) is 14.3. The van der Waals surface area contributed by atoms with Gasteiger partial charge < -0.3 is 19.5 Å². The minimum atomic E-state index is -0.232. The summed E-state index contributed by atoms with van der Waals surface area (Å²) in [6, 6.07) is 7.14. The highest BCUT2D eigenvalue weighted by molar-refractivity contribution is 6.06. The second-order valence-electron chi connectivity index (χ2n) is 5.88. The molecule has 0 saturated carbocycles. The lowest BCUT2D eigenvalue weighted by Gasteiger charge is -2.11. The molecule has 25 heavy (non-hydrogen) atoms. The normalized spacial score (nSPS) is 16.8. The van der Waals surface area contributed by atoms with Crippen LogP contribution in [0.25, 0.3) is 0 Å². The number of benzene rings is 1. The number of methoxy groups -OCH3 is 1. The van der Waals surface area contributed by atoms with Crippen molar-refractivity contribution >= 4 is 11.6 Å². The number of carbonyl (C=O) groups is 1. The second-order valence-corrected chi connectivity index (χ2v) is 5.88. The Balaban J connectivity index is 1.61. The highest BCUT2D eigenvalue weighted by atomic mass is 16.5. The first kappa shape index (κ1) is 17.4. The summed E-state index contributed by atoms with van der Waals surface area (Å²) in [4.78, 5) is 12.5. The Labute approximate surface area is 146 Å². The van der Waals surface area contributed by atoms with Gasteiger partial charge in [-0.1, -0.05) is 12.1 Å². The van der Waals surface area contributed by atoms with Crippen molar-refractivity contribution in [3.63, 3.8) is 0 Å². The number of carbonyl (C=O) groups excluding carboxylic acids is 1. The molecule has 134 valence electrons. The van der Waals surface area contributed by atoms with Gasteiger partial charge in [-0.15, -0.1) is 0 Å². The lowest BCUT2D eigenvalue weighted by atomic mass is 10.2. The van der Waals surface area contributed by atoms with Crippen LogP contribution in [-0.4, -0.2) is 48.7 Å². The third-order valence-electron chi connectivity index (χ3n) is 3.98. The van der Waals surface area contributed by atoms with Crippen molar-refractivity contribution in [2.75, 3.05) is 32.2 Å². The van der Waals surface area contributed by atoms with Crippen molar-refractivity contribution in [1.82, 2.24) is 9.78 Å². The van der Waals surface area contributed by atoms with Gasteiger partial charge in [-0.2, -0.15) is 5.10 Å². The summed E-state index contributed by atoms with van der Waals surface area (Å²) in [7, 11) is 1.61. The topological polar surface area (TPSA) is 74.6 Å². The molecule has 1 aromatic carbocycles. The van der Waals surface area contributed by atoms with Crippen LogP contribution in [0.5, 0.6) is 5.75 Å². The molecule has 0 aliphatic carbocycles. The van der Waals surface area contributed by atoms with Gasteiger partial charge in [-0.3, -0.25) is 9.48 Å². The van der Waals surface area contributed by atoms with Gasteiger partial charge in [0.2, 0.25) is 0 Å². The molecule has 1 amide bonds. The number of hydrogen-bond donors (Lipinski definition) is 1. The number of anilines is 1. The molecule has 1 fully saturated rings.